The molecule has 0 saturated carbocycles. The van der Waals surface area contributed by atoms with E-state index in [1.807, 2.05) is 35.2 Å². The number of fused-ring (bicyclic) bond motifs is 1. The molecular weight excluding hydrogens is 398 g/mol. The highest BCUT2D eigenvalue weighted by atomic mass is 16.2. The number of hydrogen-bond donors (Lipinski definition) is 1. The SMILES string of the molecule is O=C(c1cccc(Cc2n[nH]c(=O)c3c2CCCC3)c1)N1CCC(c2ccccc2)CC1. The standard InChI is InChI=1S/C27H29N3O2/c31-26-24-12-5-4-11-23(24)25(28-29-26)18-19-7-6-10-22(17-19)27(32)30-15-13-21(14-16-30)20-8-2-1-3-9-20/h1-3,6-10,17,21H,4-5,11-16,18H2,(H,29,31). The Morgan fingerprint density at radius 3 is 2.50 bits per heavy atom. The van der Waals surface area contributed by atoms with E-state index in [9.17, 15) is 9.59 Å². The van der Waals surface area contributed by atoms with Crippen molar-refractivity contribution in [3.8, 4) is 0 Å². The third-order valence-electron chi connectivity index (χ3n) is 6.98. The van der Waals surface area contributed by atoms with E-state index in [1.54, 1.807) is 0 Å². The maximum Gasteiger partial charge on any atom is 0.267 e. The lowest BCUT2D eigenvalue weighted by atomic mass is 9.89. The molecule has 2 aliphatic rings. The minimum absolute atomic E-state index is 0.0497. The Morgan fingerprint density at radius 2 is 1.72 bits per heavy atom. The number of aromatic amines is 1. The van der Waals surface area contributed by atoms with Crippen LogP contribution in [0.1, 0.15) is 69.9 Å². The molecule has 1 aromatic heterocycles. The molecule has 164 valence electrons. The summed E-state index contributed by atoms with van der Waals surface area (Å²) in [6.45, 7) is 1.58. The van der Waals surface area contributed by atoms with Crippen LogP contribution < -0.4 is 5.56 Å². The van der Waals surface area contributed by atoms with Crippen LogP contribution in [0.2, 0.25) is 0 Å². The topological polar surface area (TPSA) is 66.1 Å². The lowest BCUT2D eigenvalue weighted by Gasteiger charge is -2.32. The smallest absolute Gasteiger partial charge is 0.267 e. The monoisotopic (exact) mass is 427 g/mol. The third-order valence-corrected chi connectivity index (χ3v) is 6.98. The highest BCUT2D eigenvalue weighted by Gasteiger charge is 2.25. The first kappa shape index (κ1) is 20.7. The molecule has 1 amide bonds. The highest BCUT2D eigenvalue weighted by molar-refractivity contribution is 5.94. The zero-order valence-corrected chi connectivity index (χ0v) is 18.3. The molecule has 1 aliphatic heterocycles. The number of nitrogens with one attached hydrogen (secondary N) is 1. The fraction of sp³-hybridized carbons (Fsp3) is 0.370. The van der Waals surface area contributed by atoms with Crippen molar-refractivity contribution in [2.75, 3.05) is 13.1 Å². The summed E-state index contributed by atoms with van der Waals surface area (Å²) in [5, 5.41) is 7.03. The maximum atomic E-state index is 13.2. The van der Waals surface area contributed by atoms with Crippen molar-refractivity contribution in [2.24, 2.45) is 0 Å². The van der Waals surface area contributed by atoms with Crippen molar-refractivity contribution in [3.05, 3.63) is 98.5 Å². The van der Waals surface area contributed by atoms with Gasteiger partial charge in [0.25, 0.3) is 11.5 Å². The van der Waals surface area contributed by atoms with E-state index in [4.69, 9.17) is 0 Å². The molecular formula is C27H29N3O2. The number of rotatable bonds is 4. The minimum atomic E-state index is -0.0497. The first-order valence-electron chi connectivity index (χ1n) is 11.7. The van der Waals surface area contributed by atoms with Gasteiger partial charge < -0.3 is 4.90 Å². The van der Waals surface area contributed by atoms with Crippen molar-refractivity contribution in [2.45, 2.75) is 50.9 Å². The fourth-order valence-electron chi connectivity index (χ4n) is 5.21. The molecule has 0 spiro atoms. The van der Waals surface area contributed by atoms with Crippen molar-refractivity contribution < 1.29 is 4.79 Å². The maximum absolute atomic E-state index is 13.2. The zero-order chi connectivity index (χ0) is 21.9. The number of piperidine rings is 1. The summed E-state index contributed by atoms with van der Waals surface area (Å²) in [5.41, 5.74) is 6.06. The van der Waals surface area contributed by atoms with Crippen molar-refractivity contribution in [1.29, 1.82) is 0 Å². The molecule has 1 N–H and O–H groups in total. The van der Waals surface area contributed by atoms with Gasteiger partial charge in [-0.05, 0) is 73.3 Å². The number of amides is 1. The van der Waals surface area contributed by atoms with Crippen LogP contribution >= 0.6 is 0 Å². The van der Waals surface area contributed by atoms with Gasteiger partial charge in [-0.1, -0.05) is 42.5 Å². The van der Waals surface area contributed by atoms with E-state index in [1.165, 1.54) is 5.56 Å². The Balaban J connectivity index is 1.29. The van der Waals surface area contributed by atoms with Gasteiger partial charge in [-0.2, -0.15) is 5.10 Å². The van der Waals surface area contributed by atoms with Gasteiger partial charge in [-0.25, -0.2) is 5.10 Å². The quantitative estimate of drug-likeness (QED) is 0.677. The Hall–Kier alpha value is -3.21. The van der Waals surface area contributed by atoms with Crippen LogP contribution in [0.4, 0.5) is 0 Å². The number of hydrogen-bond acceptors (Lipinski definition) is 3. The van der Waals surface area contributed by atoms with E-state index in [2.05, 4.69) is 34.5 Å². The molecule has 0 radical (unpaired) electrons. The molecule has 1 aliphatic carbocycles. The molecule has 2 heterocycles. The minimum Gasteiger partial charge on any atom is -0.339 e. The van der Waals surface area contributed by atoms with Gasteiger partial charge in [-0.15, -0.1) is 0 Å². The van der Waals surface area contributed by atoms with Crippen molar-refractivity contribution in [1.82, 2.24) is 15.1 Å². The second-order valence-electron chi connectivity index (χ2n) is 9.02. The van der Waals surface area contributed by atoms with Gasteiger partial charge in [0.1, 0.15) is 0 Å². The van der Waals surface area contributed by atoms with E-state index in [0.29, 0.717) is 12.3 Å². The Bertz CT molecular complexity index is 1160. The largest absolute Gasteiger partial charge is 0.339 e. The molecule has 32 heavy (non-hydrogen) atoms. The predicted molar refractivity (Wildman–Crippen MR) is 125 cm³/mol. The first-order valence-corrected chi connectivity index (χ1v) is 11.7. The molecule has 0 unspecified atom stereocenters. The summed E-state index contributed by atoms with van der Waals surface area (Å²) in [5.74, 6) is 0.638. The molecule has 1 saturated heterocycles. The Kier molecular flexibility index (Phi) is 5.89. The molecule has 3 aromatic rings. The van der Waals surface area contributed by atoms with Gasteiger partial charge in [0, 0.05) is 30.6 Å². The average molecular weight is 428 g/mol. The second kappa shape index (κ2) is 9.11. The number of carbonyl (C=O) groups is 1. The molecule has 5 nitrogen and oxygen atoms in total. The lowest BCUT2D eigenvalue weighted by molar-refractivity contribution is 0.0713. The van der Waals surface area contributed by atoms with E-state index >= 15 is 0 Å². The van der Waals surface area contributed by atoms with Crippen LogP contribution in [0.3, 0.4) is 0 Å². The summed E-state index contributed by atoms with van der Waals surface area (Å²) < 4.78 is 0. The Labute approximate surface area is 188 Å². The van der Waals surface area contributed by atoms with Crippen LogP contribution in [0, 0.1) is 0 Å². The summed E-state index contributed by atoms with van der Waals surface area (Å²) in [6.07, 6.45) is 6.55. The van der Waals surface area contributed by atoms with Crippen LogP contribution in [-0.4, -0.2) is 34.1 Å². The summed E-state index contributed by atoms with van der Waals surface area (Å²) in [4.78, 5) is 27.3. The summed E-state index contributed by atoms with van der Waals surface area (Å²) in [6, 6.07) is 18.5. The van der Waals surface area contributed by atoms with Crippen LogP contribution in [0.25, 0.3) is 0 Å². The molecule has 1 fully saturated rings. The van der Waals surface area contributed by atoms with E-state index < -0.39 is 0 Å². The number of carbonyl (C=O) groups excluding carboxylic acids is 1. The third kappa shape index (κ3) is 4.24. The average Bonchev–Trinajstić information content (AvgIpc) is 2.86. The van der Waals surface area contributed by atoms with E-state index in [-0.39, 0.29) is 11.5 Å². The number of likely N-dealkylation sites (tertiary alicyclic amines) is 1. The summed E-state index contributed by atoms with van der Waals surface area (Å²) in [7, 11) is 0. The number of benzene rings is 2. The van der Waals surface area contributed by atoms with Crippen LogP contribution in [0.5, 0.6) is 0 Å². The molecule has 5 rings (SSSR count). The highest BCUT2D eigenvalue weighted by Crippen LogP contribution is 2.29. The number of H-pyrrole nitrogens is 1. The zero-order valence-electron chi connectivity index (χ0n) is 18.3. The molecule has 0 atom stereocenters. The van der Waals surface area contributed by atoms with Gasteiger partial charge in [0.2, 0.25) is 0 Å². The normalized spacial score (nSPS) is 16.6. The molecule has 2 aromatic carbocycles. The van der Waals surface area contributed by atoms with Gasteiger partial charge in [0.15, 0.2) is 0 Å². The second-order valence-corrected chi connectivity index (χ2v) is 9.02. The first-order chi connectivity index (χ1) is 15.7. The van der Waals surface area contributed by atoms with Crippen LogP contribution in [0.15, 0.2) is 59.4 Å². The van der Waals surface area contributed by atoms with Gasteiger partial charge in [0.05, 0.1) is 5.69 Å². The fourth-order valence-corrected chi connectivity index (χ4v) is 5.21. The Morgan fingerprint density at radius 1 is 0.969 bits per heavy atom. The van der Waals surface area contributed by atoms with Crippen LogP contribution in [-0.2, 0) is 19.3 Å². The van der Waals surface area contributed by atoms with Crippen molar-refractivity contribution >= 4 is 5.91 Å². The van der Waals surface area contributed by atoms with Crippen molar-refractivity contribution in [3.63, 3.8) is 0 Å². The van der Waals surface area contributed by atoms with Gasteiger partial charge >= 0.3 is 0 Å². The lowest BCUT2D eigenvalue weighted by Crippen LogP contribution is -2.37. The van der Waals surface area contributed by atoms with Gasteiger partial charge in [-0.3, -0.25) is 9.59 Å². The number of aromatic nitrogens is 2. The predicted octanol–water partition coefficient (Wildman–Crippen LogP) is 4.26. The van der Waals surface area contributed by atoms with E-state index in [0.717, 1.165) is 79.6 Å². The molecule has 5 heteroatoms. The number of nitrogens with zero attached hydrogens (tertiary/aromatic N) is 2. The summed E-state index contributed by atoms with van der Waals surface area (Å²) >= 11 is 0. The molecule has 0 bridgehead atoms.